The van der Waals surface area contributed by atoms with Crippen molar-refractivity contribution < 1.29 is 9.53 Å². The zero-order chi connectivity index (χ0) is 21.3. The Hall–Kier alpha value is -3.87. The average molecular weight is 401 g/mol. The quantitative estimate of drug-likeness (QED) is 0.544. The largest absolute Gasteiger partial charge is 0.497 e. The fraction of sp³-hybridized carbons (Fsp3) is 0.174. The van der Waals surface area contributed by atoms with Crippen LogP contribution in [0, 0.1) is 6.92 Å². The average Bonchev–Trinajstić information content (AvgIpc) is 3.18. The van der Waals surface area contributed by atoms with Crippen LogP contribution < -0.4 is 10.1 Å². The van der Waals surface area contributed by atoms with Crippen molar-refractivity contribution in [1.29, 1.82) is 0 Å². The summed E-state index contributed by atoms with van der Waals surface area (Å²) < 4.78 is 7.23. The third kappa shape index (κ3) is 3.57. The molecule has 0 atom stereocenters. The van der Waals surface area contributed by atoms with Gasteiger partial charge < -0.3 is 15.0 Å². The van der Waals surface area contributed by atoms with E-state index in [0.29, 0.717) is 11.4 Å². The third-order valence-corrected chi connectivity index (χ3v) is 4.94. The van der Waals surface area contributed by atoms with Crippen LogP contribution in [0.25, 0.3) is 16.9 Å². The van der Waals surface area contributed by atoms with Crippen LogP contribution in [0.1, 0.15) is 15.9 Å². The maximum absolute atomic E-state index is 12.3. The zero-order valence-electron chi connectivity index (χ0n) is 17.4. The minimum Gasteiger partial charge on any atom is -0.497 e. The van der Waals surface area contributed by atoms with Crippen molar-refractivity contribution in [2.45, 2.75) is 6.92 Å². The topological polar surface area (TPSA) is 71.8 Å². The number of methoxy groups -OCH3 is 1. The monoisotopic (exact) mass is 401 g/mol. The van der Waals surface area contributed by atoms with Crippen LogP contribution in [-0.2, 0) is 0 Å². The highest BCUT2D eigenvalue weighted by Crippen LogP contribution is 2.27. The lowest BCUT2D eigenvalue weighted by molar-refractivity contribution is 0.0827. The number of ether oxygens (including phenoxy) is 1. The molecule has 0 fully saturated rings. The smallest absolute Gasteiger partial charge is 0.253 e. The lowest BCUT2D eigenvalue weighted by atomic mass is 10.1. The molecular formula is C23H23N5O2. The van der Waals surface area contributed by atoms with Gasteiger partial charge in [0.25, 0.3) is 5.91 Å². The molecular weight excluding hydrogens is 378 g/mol. The third-order valence-electron chi connectivity index (χ3n) is 4.94. The number of aromatic nitrogens is 3. The van der Waals surface area contributed by atoms with E-state index < -0.39 is 0 Å². The van der Waals surface area contributed by atoms with Gasteiger partial charge in [-0.25, -0.2) is 9.97 Å². The molecule has 30 heavy (non-hydrogen) atoms. The Morgan fingerprint density at radius 1 is 1.10 bits per heavy atom. The molecule has 4 rings (SSSR count). The zero-order valence-corrected chi connectivity index (χ0v) is 17.4. The van der Waals surface area contributed by atoms with Crippen LogP contribution >= 0.6 is 0 Å². The van der Waals surface area contributed by atoms with E-state index in [9.17, 15) is 4.79 Å². The summed E-state index contributed by atoms with van der Waals surface area (Å²) in [6.07, 6.45) is 5.45. The van der Waals surface area contributed by atoms with Gasteiger partial charge in [-0.05, 0) is 55.0 Å². The Morgan fingerprint density at radius 2 is 1.87 bits per heavy atom. The molecule has 0 aliphatic rings. The molecule has 2 aromatic carbocycles. The number of amides is 1. The van der Waals surface area contributed by atoms with E-state index in [4.69, 9.17) is 4.74 Å². The molecule has 4 aromatic rings. The van der Waals surface area contributed by atoms with Gasteiger partial charge in [0, 0.05) is 43.3 Å². The Kier molecular flexibility index (Phi) is 5.10. The molecule has 0 saturated heterocycles. The number of hydrogen-bond donors (Lipinski definition) is 1. The van der Waals surface area contributed by atoms with E-state index in [1.807, 2.05) is 66.2 Å². The number of carbonyl (C=O) groups excluding carboxylic acids is 1. The number of imidazole rings is 1. The number of rotatable bonds is 5. The number of benzene rings is 2. The fourth-order valence-corrected chi connectivity index (χ4v) is 3.34. The molecule has 2 aromatic heterocycles. The molecule has 0 saturated carbocycles. The number of aryl methyl sites for hydroxylation is 1. The first kappa shape index (κ1) is 19.4. The van der Waals surface area contributed by atoms with E-state index in [-0.39, 0.29) is 5.91 Å². The highest BCUT2D eigenvalue weighted by Gasteiger charge is 2.13. The van der Waals surface area contributed by atoms with Crippen LogP contribution in [0.4, 0.5) is 11.5 Å². The van der Waals surface area contributed by atoms with Gasteiger partial charge >= 0.3 is 0 Å². The van der Waals surface area contributed by atoms with Gasteiger partial charge in [-0.1, -0.05) is 0 Å². The van der Waals surface area contributed by atoms with Crippen LogP contribution in [-0.4, -0.2) is 46.4 Å². The Balaban J connectivity index is 1.66. The van der Waals surface area contributed by atoms with Gasteiger partial charge in [0.05, 0.1) is 19.0 Å². The Bertz CT molecular complexity index is 1210. The maximum atomic E-state index is 12.3. The molecule has 152 valence electrons. The summed E-state index contributed by atoms with van der Waals surface area (Å²) >= 11 is 0. The Labute approximate surface area is 175 Å². The van der Waals surface area contributed by atoms with Gasteiger partial charge in [0.1, 0.15) is 5.75 Å². The number of fused-ring (bicyclic) bond motifs is 1. The number of hydrogen-bond acceptors (Lipinski definition) is 5. The maximum Gasteiger partial charge on any atom is 0.253 e. The van der Waals surface area contributed by atoms with Gasteiger partial charge in [-0.15, -0.1) is 0 Å². The first-order valence-corrected chi connectivity index (χ1v) is 9.53. The molecule has 1 N–H and O–H groups in total. The highest BCUT2D eigenvalue weighted by atomic mass is 16.5. The van der Waals surface area contributed by atoms with E-state index in [2.05, 4.69) is 15.3 Å². The second-order valence-corrected chi connectivity index (χ2v) is 7.20. The van der Waals surface area contributed by atoms with Crippen molar-refractivity contribution in [3.8, 4) is 17.0 Å². The van der Waals surface area contributed by atoms with Crippen LogP contribution in [0.3, 0.4) is 0 Å². The van der Waals surface area contributed by atoms with Crippen molar-refractivity contribution in [3.05, 3.63) is 72.2 Å². The first-order chi connectivity index (χ1) is 14.5. The molecule has 0 aliphatic heterocycles. The number of carbonyl (C=O) groups is 1. The number of anilines is 2. The molecule has 0 aliphatic carbocycles. The van der Waals surface area contributed by atoms with Gasteiger partial charge in [0.15, 0.2) is 11.5 Å². The molecule has 7 nitrogen and oxygen atoms in total. The predicted molar refractivity (Wildman–Crippen MR) is 117 cm³/mol. The first-order valence-electron chi connectivity index (χ1n) is 9.53. The lowest BCUT2D eigenvalue weighted by Crippen LogP contribution is -2.22. The van der Waals surface area contributed by atoms with Crippen LogP contribution in [0.15, 0.2) is 61.1 Å². The standard InChI is InChI=1S/C23H23N5O2/c1-15-13-17(7-10-19(15)23(29)27(2)3)26-21-22-25-14-20(28(22)12-11-24-21)16-5-8-18(30-4)9-6-16/h5-14H,1-4H3,(H,24,26). The highest BCUT2D eigenvalue weighted by molar-refractivity contribution is 5.95. The van der Waals surface area contributed by atoms with E-state index in [1.54, 1.807) is 32.3 Å². The van der Waals surface area contributed by atoms with Gasteiger partial charge in [-0.3, -0.25) is 9.20 Å². The SMILES string of the molecule is COc1ccc(-c2cnc3c(Nc4ccc(C(=O)N(C)C)c(C)c4)nccn23)cc1. The molecule has 2 heterocycles. The molecule has 0 spiro atoms. The van der Waals surface area contributed by atoms with E-state index >= 15 is 0 Å². The van der Waals surface area contributed by atoms with Gasteiger partial charge in [-0.2, -0.15) is 0 Å². The van der Waals surface area contributed by atoms with Crippen molar-refractivity contribution >= 4 is 23.1 Å². The summed E-state index contributed by atoms with van der Waals surface area (Å²) in [6.45, 7) is 1.92. The normalized spacial score (nSPS) is 10.8. The predicted octanol–water partition coefficient (Wildman–Crippen LogP) is 4.16. The number of nitrogens with zero attached hydrogens (tertiary/aromatic N) is 4. The lowest BCUT2D eigenvalue weighted by Gasteiger charge is -2.14. The number of nitrogens with one attached hydrogen (secondary N) is 1. The fourth-order valence-electron chi connectivity index (χ4n) is 3.34. The molecule has 0 radical (unpaired) electrons. The van der Waals surface area contributed by atoms with Crippen LogP contribution in [0.5, 0.6) is 5.75 Å². The minimum atomic E-state index is -0.0170. The van der Waals surface area contributed by atoms with E-state index in [0.717, 1.165) is 33.9 Å². The molecule has 1 amide bonds. The van der Waals surface area contributed by atoms with Crippen molar-refractivity contribution in [3.63, 3.8) is 0 Å². The summed E-state index contributed by atoms with van der Waals surface area (Å²) in [5.41, 5.74) is 5.13. The molecule has 0 unspecified atom stereocenters. The molecule has 0 bridgehead atoms. The van der Waals surface area contributed by atoms with Crippen molar-refractivity contribution in [2.75, 3.05) is 26.5 Å². The van der Waals surface area contributed by atoms with Crippen molar-refractivity contribution in [2.24, 2.45) is 0 Å². The summed E-state index contributed by atoms with van der Waals surface area (Å²) in [6, 6.07) is 13.5. The van der Waals surface area contributed by atoms with Gasteiger partial charge in [0.2, 0.25) is 0 Å². The minimum absolute atomic E-state index is 0.0170. The molecule has 7 heteroatoms. The second-order valence-electron chi connectivity index (χ2n) is 7.20. The summed E-state index contributed by atoms with van der Waals surface area (Å²) in [7, 11) is 5.14. The summed E-state index contributed by atoms with van der Waals surface area (Å²) in [5.74, 6) is 1.43. The van der Waals surface area contributed by atoms with Crippen LogP contribution in [0.2, 0.25) is 0 Å². The summed E-state index contributed by atoms with van der Waals surface area (Å²) in [4.78, 5) is 22.9. The second kappa shape index (κ2) is 7.87. The Morgan fingerprint density at radius 3 is 2.53 bits per heavy atom. The summed E-state index contributed by atoms with van der Waals surface area (Å²) in [5, 5.41) is 3.33. The van der Waals surface area contributed by atoms with Crippen molar-refractivity contribution in [1.82, 2.24) is 19.3 Å². The van der Waals surface area contributed by atoms with E-state index in [1.165, 1.54) is 0 Å².